The Balaban J connectivity index is 2.24. The van der Waals surface area contributed by atoms with Crippen LogP contribution in [0.15, 0.2) is 52.3 Å². The van der Waals surface area contributed by atoms with Gasteiger partial charge in [0, 0.05) is 14.8 Å². The fourth-order valence-electron chi connectivity index (χ4n) is 1.42. The first-order valence-corrected chi connectivity index (χ1v) is 6.25. The molecule has 0 saturated heterocycles. The lowest BCUT2D eigenvalue weighted by Crippen LogP contribution is -1.91. The average Bonchev–Trinajstić information content (AvgIpc) is 2.32. The van der Waals surface area contributed by atoms with Crippen LogP contribution in [0.3, 0.4) is 0 Å². The lowest BCUT2D eigenvalue weighted by atomic mass is 10.3. The molecular formula is C13H12ClNOS. The maximum Gasteiger partial charge on any atom is 0.142 e. The quantitative estimate of drug-likeness (QED) is 0.850. The molecule has 4 heteroatoms. The highest BCUT2D eigenvalue weighted by molar-refractivity contribution is 7.99. The summed E-state index contributed by atoms with van der Waals surface area (Å²) in [7, 11) is 1.61. The largest absolute Gasteiger partial charge is 0.495 e. The summed E-state index contributed by atoms with van der Waals surface area (Å²) in [6.07, 6.45) is 0. The van der Waals surface area contributed by atoms with E-state index in [0.29, 0.717) is 11.4 Å². The maximum atomic E-state index is 5.94. The van der Waals surface area contributed by atoms with E-state index in [1.54, 1.807) is 18.9 Å². The lowest BCUT2D eigenvalue weighted by Gasteiger charge is -2.07. The topological polar surface area (TPSA) is 35.2 Å². The van der Waals surface area contributed by atoms with Crippen molar-refractivity contribution in [2.75, 3.05) is 12.8 Å². The molecule has 2 rings (SSSR count). The van der Waals surface area contributed by atoms with Crippen LogP contribution in [0.25, 0.3) is 0 Å². The van der Waals surface area contributed by atoms with E-state index < -0.39 is 0 Å². The second kappa shape index (κ2) is 5.34. The van der Waals surface area contributed by atoms with Crippen LogP contribution in [0.1, 0.15) is 0 Å². The summed E-state index contributed by atoms with van der Waals surface area (Å²) >= 11 is 7.56. The standard InChI is InChI=1S/C13H12ClNOS/c1-16-13-8-11(5-6-12(13)15)17-10-4-2-3-9(14)7-10/h2-8H,15H2,1H3. The van der Waals surface area contributed by atoms with Crippen LogP contribution in [-0.4, -0.2) is 7.11 Å². The highest BCUT2D eigenvalue weighted by Gasteiger charge is 2.03. The number of anilines is 1. The van der Waals surface area contributed by atoms with Crippen LogP contribution in [-0.2, 0) is 0 Å². The monoisotopic (exact) mass is 265 g/mol. The van der Waals surface area contributed by atoms with Crippen LogP contribution < -0.4 is 10.5 Å². The molecule has 0 bridgehead atoms. The third kappa shape index (κ3) is 3.08. The SMILES string of the molecule is COc1cc(Sc2cccc(Cl)c2)ccc1N. The van der Waals surface area contributed by atoms with Crippen LogP contribution in [0, 0.1) is 0 Å². The molecule has 0 saturated carbocycles. The van der Waals surface area contributed by atoms with Crippen molar-refractivity contribution < 1.29 is 4.74 Å². The molecule has 0 aliphatic heterocycles. The third-order valence-corrected chi connectivity index (χ3v) is 3.45. The smallest absolute Gasteiger partial charge is 0.142 e. The van der Waals surface area contributed by atoms with Gasteiger partial charge >= 0.3 is 0 Å². The van der Waals surface area contributed by atoms with Gasteiger partial charge in [0.15, 0.2) is 0 Å². The summed E-state index contributed by atoms with van der Waals surface area (Å²) in [5.74, 6) is 0.692. The summed E-state index contributed by atoms with van der Waals surface area (Å²) in [6, 6.07) is 13.4. The van der Waals surface area contributed by atoms with Gasteiger partial charge < -0.3 is 10.5 Å². The van der Waals surface area contributed by atoms with Crippen molar-refractivity contribution in [3.8, 4) is 5.75 Å². The van der Waals surface area contributed by atoms with E-state index in [4.69, 9.17) is 22.1 Å². The van der Waals surface area contributed by atoms with Crippen molar-refractivity contribution in [3.63, 3.8) is 0 Å². The van der Waals surface area contributed by atoms with E-state index in [2.05, 4.69) is 0 Å². The molecule has 0 spiro atoms. The third-order valence-electron chi connectivity index (χ3n) is 2.24. The Hall–Kier alpha value is -1.32. The predicted octanol–water partition coefficient (Wildman–Crippen LogP) is 4.08. The molecule has 2 N–H and O–H groups in total. The number of nitrogen functional groups attached to an aromatic ring is 1. The number of methoxy groups -OCH3 is 1. The van der Waals surface area contributed by atoms with Crippen molar-refractivity contribution >= 4 is 29.1 Å². The number of hydrogen-bond acceptors (Lipinski definition) is 3. The highest BCUT2D eigenvalue weighted by Crippen LogP contribution is 2.33. The Morgan fingerprint density at radius 3 is 2.59 bits per heavy atom. The number of ether oxygens (including phenoxy) is 1. The van der Waals surface area contributed by atoms with E-state index >= 15 is 0 Å². The van der Waals surface area contributed by atoms with Crippen LogP contribution >= 0.6 is 23.4 Å². The van der Waals surface area contributed by atoms with Gasteiger partial charge in [-0.3, -0.25) is 0 Å². The molecule has 0 unspecified atom stereocenters. The zero-order valence-electron chi connectivity index (χ0n) is 9.31. The van der Waals surface area contributed by atoms with Crippen molar-refractivity contribution in [3.05, 3.63) is 47.5 Å². The molecule has 0 fully saturated rings. The molecule has 0 aliphatic rings. The summed E-state index contributed by atoms with van der Waals surface area (Å²) in [4.78, 5) is 2.16. The van der Waals surface area contributed by atoms with Crippen LogP contribution in [0.4, 0.5) is 5.69 Å². The van der Waals surface area contributed by atoms with Crippen molar-refractivity contribution in [2.24, 2.45) is 0 Å². The Morgan fingerprint density at radius 1 is 1.12 bits per heavy atom. The molecule has 88 valence electrons. The minimum absolute atomic E-state index is 0.642. The van der Waals surface area contributed by atoms with E-state index in [-0.39, 0.29) is 0 Å². The molecule has 17 heavy (non-hydrogen) atoms. The van der Waals surface area contributed by atoms with E-state index in [0.717, 1.165) is 14.8 Å². The van der Waals surface area contributed by atoms with Gasteiger partial charge in [0.1, 0.15) is 5.75 Å². The number of hydrogen-bond donors (Lipinski definition) is 1. The Kier molecular flexibility index (Phi) is 3.82. The second-order valence-corrected chi connectivity index (χ2v) is 5.05. The molecular weight excluding hydrogens is 254 g/mol. The van der Waals surface area contributed by atoms with Gasteiger partial charge in [0.25, 0.3) is 0 Å². The highest BCUT2D eigenvalue weighted by atomic mass is 35.5. The number of benzene rings is 2. The summed E-state index contributed by atoms with van der Waals surface area (Å²) in [5, 5.41) is 0.734. The summed E-state index contributed by atoms with van der Waals surface area (Å²) in [5.41, 5.74) is 6.40. The molecule has 2 aromatic carbocycles. The lowest BCUT2D eigenvalue weighted by molar-refractivity contribution is 0.416. The minimum atomic E-state index is 0.642. The first-order valence-electron chi connectivity index (χ1n) is 5.06. The molecule has 0 heterocycles. The van der Waals surface area contributed by atoms with E-state index in [1.807, 2.05) is 42.5 Å². The van der Waals surface area contributed by atoms with Crippen molar-refractivity contribution in [2.45, 2.75) is 9.79 Å². The van der Waals surface area contributed by atoms with Gasteiger partial charge in [0.05, 0.1) is 12.8 Å². The van der Waals surface area contributed by atoms with Crippen molar-refractivity contribution in [1.29, 1.82) is 0 Å². The van der Waals surface area contributed by atoms with Crippen molar-refractivity contribution in [1.82, 2.24) is 0 Å². The molecule has 0 radical (unpaired) electrons. The number of nitrogens with two attached hydrogens (primary N) is 1. The van der Waals surface area contributed by atoms with Gasteiger partial charge in [0.2, 0.25) is 0 Å². The van der Waals surface area contributed by atoms with E-state index in [1.165, 1.54) is 0 Å². The fourth-order valence-corrected chi connectivity index (χ4v) is 2.58. The van der Waals surface area contributed by atoms with Gasteiger partial charge in [-0.05, 0) is 36.4 Å². The minimum Gasteiger partial charge on any atom is -0.495 e. The van der Waals surface area contributed by atoms with Gasteiger partial charge in [-0.1, -0.05) is 29.4 Å². The number of halogens is 1. The summed E-state index contributed by atoms with van der Waals surface area (Å²) < 4.78 is 5.18. The second-order valence-electron chi connectivity index (χ2n) is 3.46. The number of rotatable bonds is 3. The zero-order chi connectivity index (χ0) is 12.3. The average molecular weight is 266 g/mol. The van der Waals surface area contributed by atoms with Crippen LogP contribution in [0.5, 0.6) is 5.75 Å². The summed E-state index contributed by atoms with van der Waals surface area (Å²) in [6.45, 7) is 0. The first kappa shape index (κ1) is 12.1. The molecule has 0 aliphatic carbocycles. The van der Waals surface area contributed by atoms with Crippen LogP contribution in [0.2, 0.25) is 5.02 Å². The predicted molar refractivity (Wildman–Crippen MR) is 73.0 cm³/mol. The normalized spacial score (nSPS) is 10.2. The Bertz CT molecular complexity index is 531. The van der Waals surface area contributed by atoms with Gasteiger partial charge in [-0.15, -0.1) is 0 Å². The Labute approximate surface area is 110 Å². The first-order chi connectivity index (χ1) is 8.19. The Morgan fingerprint density at radius 2 is 1.88 bits per heavy atom. The fraction of sp³-hybridized carbons (Fsp3) is 0.0769. The van der Waals surface area contributed by atoms with Gasteiger partial charge in [-0.25, -0.2) is 0 Å². The molecule has 0 atom stereocenters. The molecule has 2 nitrogen and oxygen atoms in total. The molecule has 2 aromatic rings. The maximum absolute atomic E-state index is 5.94. The molecule has 0 aromatic heterocycles. The van der Waals surface area contributed by atoms with Gasteiger partial charge in [-0.2, -0.15) is 0 Å². The molecule has 0 amide bonds. The zero-order valence-corrected chi connectivity index (χ0v) is 10.9. The van der Waals surface area contributed by atoms with E-state index in [9.17, 15) is 0 Å².